The minimum Gasteiger partial charge on any atom is -0.361 e. The van der Waals surface area contributed by atoms with Gasteiger partial charge in [-0.15, -0.1) is 0 Å². The molecule has 5 rings (SSSR count). The summed E-state index contributed by atoms with van der Waals surface area (Å²) in [6.45, 7) is -0.0293. The normalized spacial score (nSPS) is 14.2. The Labute approximate surface area is 237 Å². The molecule has 1 saturated carbocycles. The fraction of sp³-hybridized carbons (Fsp3) is 0.258. The van der Waals surface area contributed by atoms with Gasteiger partial charge in [-0.25, -0.2) is 8.42 Å². The van der Waals surface area contributed by atoms with Gasteiger partial charge in [-0.1, -0.05) is 60.7 Å². The number of rotatable bonds is 11. The van der Waals surface area contributed by atoms with Crippen molar-refractivity contribution in [2.75, 3.05) is 13.1 Å². The van der Waals surface area contributed by atoms with Crippen molar-refractivity contribution in [2.24, 2.45) is 0 Å². The lowest BCUT2D eigenvalue weighted by Crippen LogP contribution is -2.43. The van der Waals surface area contributed by atoms with Crippen LogP contribution in [0.1, 0.15) is 35.1 Å². The number of amides is 1. The average Bonchev–Trinajstić information content (AvgIpc) is 3.72. The third-order valence-electron chi connectivity index (χ3n) is 7.14. The lowest BCUT2D eigenvalue weighted by Gasteiger charge is -2.27. The lowest BCUT2D eigenvalue weighted by atomic mass is 10.1. The van der Waals surface area contributed by atoms with E-state index in [4.69, 9.17) is 0 Å². The molecule has 1 fully saturated rings. The molecule has 1 aliphatic rings. The number of para-hydroxylation sites is 1. The number of carbonyl (C=O) groups excluding carboxylic acids is 1. The first-order valence-electron chi connectivity index (χ1n) is 13.3. The van der Waals surface area contributed by atoms with Gasteiger partial charge in [-0.3, -0.25) is 4.79 Å². The average molecular weight is 582 g/mol. The minimum absolute atomic E-state index is 0.0533. The number of nitrogens with one attached hydrogen (secondary N) is 1. The molecule has 0 unspecified atom stereocenters. The van der Waals surface area contributed by atoms with Gasteiger partial charge in [0.25, 0.3) is 0 Å². The highest BCUT2D eigenvalue weighted by Crippen LogP contribution is 2.31. The van der Waals surface area contributed by atoms with Crippen LogP contribution in [0.15, 0.2) is 90.5 Å². The number of H-pyrrole nitrogens is 1. The largest absolute Gasteiger partial charge is 0.416 e. The van der Waals surface area contributed by atoms with E-state index in [0.717, 1.165) is 39.6 Å². The maximum atomic E-state index is 13.7. The minimum atomic E-state index is -4.46. The number of aromatic amines is 1. The molecule has 0 spiro atoms. The molecule has 1 N–H and O–H groups in total. The number of sulfonamides is 1. The number of carbonyl (C=O) groups is 1. The lowest BCUT2D eigenvalue weighted by molar-refractivity contribution is -0.137. The van der Waals surface area contributed by atoms with Gasteiger partial charge in [0.15, 0.2) is 0 Å². The molecule has 0 atom stereocenters. The van der Waals surface area contributed by atoms with Gasteiger partial charge in [0.1, 0.15) is 0 Å². The molecular formula is C31H30F3N3O3S. The third kappa shape index (κ3) is 7.25. The molecule has 1 heterocycles. The zero-order valence-corrected chi connectivity index (χ0v) is 23.0. The van der Waals surface area contributed by atoms with E-state index in [1.807, 2.05) is 36.5 Å². The molecule has 0 saturated heterocycles. The number of benzene rings is 3. The van der Waals surface area contributed by atoms with Gasteiger partial charge in [0.05, 0.1) is 12.1 Å². The van der Waals surface area contributed by atoms with Crippen LogP contribution in [0, 0.1) is 0 Å². The topological polar surface area (TPSA) is 73.5 Å². The SMILES string of the molecule is O=C(CN(C1CC1)S(=O)(=O)/C=C/c1ccccc1)N(CCc1c[nH]c2ccccc12)Cc1ccc(C(F)(F)F)cc1. The van der Waals surface area contributed by atoms with Gasteiger partial charge < -0.3 is 9.88 Å². The summed E-state index contributed by atoms with van der Waals surface area (Å²) >= 11 is 0. The maximum Gasteiger partial charge on any atom is 0.416 e. The van der Waals surface area contributed by atoms with E-state index < -0.39 is 27.7 Å². The molecule has 4 aromatic rings. The molecule has 6 nitrogen and oxygen atoms in total. The van der Waals surface area contributed by atoms with Crippen LogP contribution in [0.2, 0.25) is 0 Å². The van der Waals surface area contributed by atoms with Crippen LogP contribution in [0.4, 0.5) is 13.2 Å². The molecule has 214 valence electrons. The van der Waals surface area contributed by atoms with Crippen LogP contribution in [-0.4, -0.2) is 47.6 Å². The number of hydrogen-bond donors (Lipinski definition) is 1. The monoisotopic (exact) mass is 581 g/mol. The molecular weight excluding hydrogens is 551 g/mol. The Morgan fingerprint density at radius 1 is 0.951 bits per heavy atom. The predicted octanol–water partition coefficient (Wildman–Crippen LogP) is 6.22. The zero-order valence-electron chi connectivity index (χ0n) is 22.2. The number of alkyl halides is 3. The van der Waals surface area contributed by atoms with Crippen LogP contribution < -0.4 is 0 Å². The Kier molecular flexibility index (Phi) is 8.32. The molecule has 10 heteroatoms. The molecule has 41 heavy (non-hydrogen) atoms. The van der Waals surface area contributed by atoms with Crippen molar-refractivity contribution in [3.05, 3.63) is 113 Å². The second-order valence-electron chi connectivity index (χ2n) is 10.2. The van der Waals surface area contributed by atoms with Gasteiger partial charge in [-0.2, -0.15) is 17.5 Å². The smallest absolute Gasteiger partial charge is 0.361 e. The van der Waals surface area contributed by atoms with Crippen molar-refractivity contribution in [1.29, 1.82) is 0 Å². The summed E-state index contributed by atoms with van der Waals surface area (Å²) in [6.07, 6.45) is 0.739. The Balaban J connectivity index is 1.36. The van der Waals surface area contributed by atoms with Crippen LogP contribution in [0.25, 0.3) is 17.0 Å². The van der Waals surface area contributed by atoms with Crippen molar-refractivity contribution in [2.45, 2.75) is 38.0 Å². The third-order valence-corrected chi connectivity index (χ3v) is 8.70. The van der Waals surface area contributed by atoms with Gasteiger partial charge in [0.2, 0.25) is 15.9 Å². The molecule has 0 bridgehead atoms. The van der Waals surface area contributed by atoms with Crippen LogP contribution in [-0.2, 0) is 34.0 Å². The summed E-state index contributed by atoms with van der Waals surface area (Å²) in [6, 6.07) is 21.2. The number of fused-ring (bicyclic) bond motifs is 1. The molecule has 3 aromatic carbocycles. The van der Waals surface area contributed by atoms with Crippen molar-refractivity contribution in [1.82, 2.24) is 14.2 Å². The summed E-state index contributed by atoms with van der Waals surface area (Å²) in [7, 11) is -3.89. The van der Waals surface area contributed by atoms with Crippen molar-refractivity contribution in [3.63, 3.8) is 0 Å². The number of halogens is 3. The molecule has 1 amide bonds. The van der Waals surface area contributed by atoms with E-state index in [1.54, 1.807) is 24.3 Å². The van der Waals surface area contributed by atoms with E-state index in [0.29, 0.717) is 24.8 Å². The summed E-state index contributed by atoms with van der Waals surface area (Å²) in [5.41, 5.74) is 2.42. The fourth-order valence-corrected chi connectivity index (χ4v) is 6.14. The summed E-state index contributed by atoms with van der Waals surface area (Å²) in [5.74, 6) is -0.409. The molecule has 0 radical (unpaired) electrons. The Morgan fingerprint density at radius 2 is 1.63 bits per heavy atom. The molecule has 1 aromatic heterocycles. The first kappa shape index (κ1) is 28.6. The Morgan fingerprint density at radius 3 is 2.32 bits per heavy atom. The first-order valence-corrected chi connectivity index (χ1v) is 14.8. The van der Waals surface area contributed by atoms with E-state index in [9.17, 15) is 26.4 Å². The Bertz CT molecular complexity index is 1630. The van der Waals surface area contributed by atoms with E-state index in [1.165, 1.54) is 27.4 Å². The first-order chi connectivity index (χ1) is 19.6. The number of hydrogen-bond acceptors (Lipinski definition) is 3. The van der Waals surface area contributed by atoms with Crippen molar-refractivity contribution < 1.29 is 26.4 Å². The van der Waals surface area contributed by atoms with Gasteiger partial charge in [0, 0.05) is 41.6 Å². The van der Waals surface area contributed by atoms with Crippen molar-refractivity contribution in [3.8, 4) is 0 Å². The summed E-state index contributed by atoms with van der Waals surface area (Å²) in [5, 5.41) is 2.14. The summed E-state index contributed by atoms with van der Waals surface area (Å²) < 4.78 is 67.1. The van der Waals surface area contributed by atoms with Crippen LogP contribution in [0.5, 0.6) is 0 Å². The number of aromatic nitrogens is 1. The molecule has 1 aliphatic carbocycles. The maximum absolute atomic E-state index is 13.7. The van der Waals surface area contributed by atoms with E-state index in [-0.39, 0.29) is 25.7 Å². The second kappa shape index (κ2) is 11.9. The fourth-order valence-electron chi connectivity index (χ4n) is 4.73. The van der Waals surface area contributed by atoms with Crippen LogP contribution in [0.3, 0.4) is 0 Å². The quantitative estimate of drug-likeness (QED) is 0.229. The van der Waals surface area contributed by atoms with Gasteiger partial charge >= 0.3 is 6.18 Å². The Hall–Kier alpha value is -3.89. The highest BCUT2D eigenvalue weighted by atomic mass is 32.2. The highest BCUT2D eigenvalue weighted by molar-refractivity contribution is 7.92. The zero-order chi connectivity index (χ0) is 29.0. The molecule has 0 aliphatic heterocycles. The van der Waals surface area contributed by atoms with E-state index >= 15 is 0 Å². The highest BCUT2D eigenvalue weighted by Gasteiger charge is 2.38. The van der Waals surface area contributed by atoms with Crippen molar-refractivity contribution >= 4 is 32.9 Å². The second-order valence-corrected chi connectivity index (χ2v) is 11.9. The number of nitrogens with zero attached hydrogens (tertiary/aromatic N) is 2. The van der Waals surface area contributed by atoms with Crippen LogP contribution >= 0.6 is 0 Å². The van der Waals surface area contributed by atoms with E-state index in [2.05, 4.69) is 4.98 Å². The standard InChI is InChI=1S/C31H30F3N3O3S/c32-31(33,34)26-12-10-24(11-13-26)21-36(18-16-25-20-35-29-9-5-4-8-28(25)29)30(38)22-37(27-14-15-27)41(39,40)19-17-23-6-2-1-3-7-23/h1-13,17,19-20,27,35H,14-16,18,21-22H2/b19-17+. The predicted molar refractivity (Wildman–Crippen MR) is 153 cm³/mol. The summed E-state index contributed by atoms with van der Waals surface area (Å²) in [4.78, 5) is 18.4. The van der Waals surface area contributed by atoms with Gasteiger partial charge in [-0.05, 0) is 60.2 Å².